The van der Waals surface area contributed by atoms with E-state index in [4.69, 9.17) is 4.74 Å². The third-order valence-corrected chi connectivity index (χ3v) is 4.02. The van der Waals surface area contributed by atoms with Gasteiger partial charge >= 0.3 is 0 Å². The van der Waals surface area contributed by atoms with Gasteiger partial charge < -0.3 is 10.1 Å². The maximum absolute atomic E-state index is 11.2. The molecule has 0 aromatic heterocycles. The standard InChI is InChI=1S/C11H23NO3S/c1-10(2)12-8-11(4-6-15-9-11)5-7-16(3,13)14/h10,12H,4-9H2,1-3H3. The van der Waals surface area contributed by atoms with Crippen molar-refractivity contribution >= 4 is 9.84 Å². The van der Waals surface area contributed by atoms with E-state index in [1.54, 1.807) is 0 Å². The fourth-order valence-electron chi connectivity index (χ4n) is 1.90. The lowest BCUT2D eigenvalue weighted by atomic mass is 9.84. The molecule has 1 aliphatic rings. The van der Waals surface area contributed by atoms with Crippen molar-refractivity contribution in [3.8, 4) is 0 Å². The summed E-state index contributed by atoms with van der Waals surface area (Å²) in [4.78, 5) is 0. The van der Waals surface area contributed by atoms with E-state index < -0.39 is 9.84 Å². The van der Waals surface area contributed by atoms with Crippen molar-refractivity contribution in [3.05, 3.63) is 0 Å². The molecule has 0 saturated carbocycles. The summed E-state index contributed by atoms with van der Waals surface area (Å²) in [5, 5.41) is 3.39. The van der Waals surface area contributed by atoms with Gasteiger partial charge in [0, 0.05) is 30.9 Å². The maximum Gasteiger partial charge on any atom is 0.147 e. The SMILES string of the molecule is CC(C)NCC1(CCS(C)(=O)=O)CCOC1. The van der Waals surface area contributed by atoms with E-state index in [1.165, 1.54) is 6.26 Å². The van der Waals surface area contributed by atoms with Gasteiger partial charge in [0.2, 0.25) is 0 Å². The lowest BCUT2D eigenvalue weighted by Gasteiger charge is -2.28. The zero-order chi connectivity index (χ0) is 12.2. The van der Waals surface area contributed by atoms with E-state index in [-0.39, 0.29) is 11.2 Å². The molecule has 0 radical (unpaired) electrons. The van der Waals surface area contributed by atoms with E-state index in [0.29, 0.717) is 19.1 Å². The van der Waals surface area contributed by atoms with E-state index in [2.05, 4.69) is 19.2 Å². The second-order valence-corrected chi connectivity index (χ2v) is 7.48. The third kappa shape index (κ3) is 4.80. The van der Waals surface area contributed by atoms with Gasteiger partial charge in [0.05, 0.1) is 12.4 Å². The van der Waals surface area contributed by atoms with Gasteiger partial charge in [-0.3, -0.25) is 0 Å². The summed E-state index contributed by atoms with van der Waals surface area (Å²) in [7, 11) is -2.87. The van der Waals surface area contributed by atoms with E-state index in [0.717, 1.165) is 19.6 Å². The van der Waals surface area contributed by atoms with Crippen LogP contribution in [0.25, 0.3) is 0 Å². The average Bonchev–Trinajstić information content (AvgIpc) is 2.60. The van der Waals surface area contributed by atoms with E-state index in [9.17, 15) is 8.42 Å². The number of rotatable bonds is 6. The van der Waals surface area contributed by atoms with Crippen LogP contribution in [0.4, 0.5) is 0 Å². The molecule has 0 amide bonds. The molecule has 1 N–H and O–H groups in total. The van der Waals surface area contributed by atoms with Crippen LogP contribution >= 0.6 is 0 Å². The van der Waals surface area contributed by atoms with Crippen LogP contribution in [0.1, 0.15) is 26.7 Å². The Labute approximate surface area is 98.7 Å². The van der Waals surface area contributed by atoms with E-state index in [1.807, 2.05) is 0 Å². The van der Waals surface area contributed by atoms with Gasteiger partial charge in [0.1, 0.15) is 9.84 Å². The molecular weight excluding hydrogens is 226 g/mol. The predicted molar refractivity (Wildman–Crippen MR) is 65.3 cm³/mol. The quantitative estimate of drug-likeness (QED) is 0.757. The molecule has 1 fully saturated rings. The Morgan fingerprint density at radius 3 is 2.56 bits per heavy atom. The Hall–Kier alpha value is -0.130. The van der Waals surface area contributed by atoms with E-state index >= 15 is 0 Å². The highest BCUT2D eigenvalue weighted by Crippen LogP contribution is 2.32. The number of nitrogens with one attached hydrogen (secondary N) is 1. The predicted octanol–water partition coefficient (Wildman–Crippen LogP) is 0.826. The smallest absolute Gasteiger partial charge is 0.147 e. The zero-order valence-electron chi connectivity index (χ0n) is 10.5. The molecule has 1 rings (SSSR count). The monoisotopic (exact) mass is 249 g/mol. The van der Waals surface area contributed by atoms with Crippen LogP contribution in [0, 0.1) is 5.41 Å². The second-order valence-electron chi connectivity index (χ2n) is 5.22. The Morgan fingerprint density at radius 1 is 1.44 bits per heavy atom. The van der Waals surface area contributed by atoms with Crippen LogP contribution in [0.5, 0.6) is 0 Å². The first kappa shape index (κ1) is 13.9. The normalized spacial score (nSPS) is 26.5. The summed E-state index contributed by atoms with van der Waals surface area (Å²) in [6.07, 6.45) is 2.96. The molecule has 0 aliphatic carbocycles. The van der Waals surface area contributed by atoms with Gasteiger partial charge in [-0.15, -0.1) is 0 Å². The highest BCUT2D eigenvalue weighted by atomic mass is 32.2. The first-order valence-corrected chi connectivity index (χ1v) is 7.88. The van der Waals surface area contributed by atoms with Crippen LogP contribution in [0.3, 0.4) is 0 Å². The molecule has 1 aliphatic heterocycles. The van der Waals surface area contributed by atoms with Gasteiger partial charge in [-0.1, -0.05) is 13.8 Å². The molecule has 4 nitrogen and oxygen atoms in total. The zero-order valence-corrected chi connectivity index (χ0v) is 11.3. The summed E-state index contributed by atoms with van der Waals surface area (Å²) < 4.78 is 27.8. The highest BCUT2D eigenvalue weighted by molar-refractivity contribution is 7.90. The van der Waals surface area contributed by atoms with Crippen LogP contribution in [-0.4, -0.2) is 46.2 Å². The second kappa shape index (κ2) is 5.47. The molecule has 0 spiro atoms. The van der Waals surface area contributed by atoms with Gasteiger partial charge in [-0.2, -0.15) is 0 Å². The van der Waals surface area contributed by atoms with Crippen molar-refractivity contribution in [2.24, 2.45) is 5.41 Å². The fraction of sp³-hybridized carbons (Fsp3) is 1.00. The van der Waals surface area contributed by atoms with Crippen molar-refractivity contribution in [1.82, 2.24) is 5.32 Å². The van der Waals surface area contributed by atoms with Crippen molar-refractivity contribution < 1.29 is 13.2 Å². The maximum atomic E-state index is 11.2. The summed E-state index contributed by atoms with van der Waals surface area (Å²) in [6, 6.07) is 0.427. The minimum Gasteiger partial charge on any atom is -0.381 e. The molecule has 5 heteroatoms. The lowest BCUT2D eigenvalue weighted by Crippen LogP contribution is -2.39. The number of ether oxygens (including phenoxy) is 1. The summed E-state index contributed by atoms with van der Waals surface area (Å²) in [5.41, 5.74) is 0.0212. The largest absolute Gasteiger partial charge is 0.381 e. The summed E-state index contributed by atoms with van der Waals surface area (Å²) >= 11 is 0. The minimum atomic E-state index is -2.87. The lowest BCUT2D eigenvalue weighted by molar-refractivity contribution is 0.146. The Kier molecular flexibility index (Phi) is 4.76. The first-order chi connectivity index (χ1) is 7.33. The number of sulfone groups is 1. The third-order valence-electron chi connectivity index (χ3n) is 3.07. The highest BCUT2D eigenvalue weighted by Gasteiger charge is 2.35. The Bertz CT molecular complexity index is 305. The van der Waals surface area contributed by atoms with Crippen LogP contribution in [0.15, 0.2) is 0 Å². The molecule has 0 aromatic carbocycles. The summed E-state index contributed by atoms with van der Waals surface area (Å²) in [5.74, 6) is 0.260. The molecule has 1 atom stereocenters. The van der Waals surface area contributed by atoms with Crippen molar-refractivity contribution in [1.29, 1.82) is 0 Å². The molecular formula is C11H23NO3S. The van der Waals surface area contributed by atoms with Gasteiger partial charge in [0.25, 0.3) is 0 Å². The first-order valence-electron chi connectivity index (χ1n) is 5.82. The van der Waals surface area contributed by atoms with Crippen LogP contribution < -0.4 is 5.32 Å². The van der Waals surface area contributed by atoms with Gasteiger partial charge in [-0.25, -0.2) is 8.42 Å². The molecule has 1 saturated heterocycles. The molecule has 1 unspecified atom stereocenters. The molecule has 0 bridgehead atoms. The minimum absolute atomic E-state index is 0.0212. The summed E-state index contributed by atoms with van der Waals surface area (Å²) in [6.45, 7) is 6.48. The molecule has 0 aromatic rings. The van der Waals surface area contributed by atoms with Crippen LogP contribution in [-0.2, 0) is 14.6 Å². The molecule has 96 valence electrons. The van der Waals surface area contributed by atoms with Gasteiger partial charge in [-0.05, 0) is 12.8 Å². The average molecular weight is 249 g/mol. The van der Waals surface area contributed by atoms with Crippen molar-refractivity contribution in [2.75, 3.05) is 31.8 Å². The number of hydrogen-bond acceptors (Lipinski definition) is 4. The topological polar surface area (TPSA) is 55.4 Å². The van der Waals surface area contributed by atoms with Crippen molar-refractivity contribution in [2.45, 2.75) is 32.7 Å². The molecule has 16 heavy (non-hydrogen) atoms. The Balaban J connectivity index is 2.52. The number of hydrogen-bond donors (Lipinski definition) is 1. The van der Waals surface area contributed by atoms with Gasteiger partial charge in [0.15, 0.2) is 0 Å². The fourth-order valence-corrected chi connectivity index (χ4v) is 2.70. The Morgan fingerprint density at radius 2 is 2.12 bits per heavy atom. The molecule has 1 heterocycles. The van der Waals surface area contributed by atoms with Crippen LogP contribution in [0.2, 0.25) is 0 Å². The van der Waals surface area contributed by atoms with Crippen molar-refractivity contribution in [3.63, 3.8) is 0 Å².